The molecule has 0 N–H and O–H groups in total. The molecule has 2 aromatic rings. The Morgan fingerprint density at radius 2 is 1.75 bits per heavy atom. The number of amides is 2. The number of carbonyl (C=O) groups excluding carboxylic acids is 2. The van der Waals surface area contributed by atoms with Crippen molar-refractivity contribution in [2.45, 2.75) is 26.1 Å². The highest BCUT2D eigenvalue weighted by Gasteiger charge is 2.36. The lowest BCUT2D eigenvalue weighted by Gasteiger charge is -2.39. The predicted molar refractivity (Wildman–Crippen MR) is 100 cm³/mol. The average Bonchev–Trinajstić information content (AvgIpc) is 2.65. The van der Waals surface area contributed by atoms with E-state index in [1.807, 2.05) is 6.92 Å². The fraction of sp³-hybridized carbons (Fsp3) is 0.300. The van der Waals surface area contributed by atoms with Crippen LogP contribution in [0.2, 0.25) is 5.02 Å². The van der Waals surface area contributed by atoms with Crippen molar-refractivity contribution in [2.24, 2.45) is 0 Å². The van der Waals surface area contributed by atoms with Crippen LogP contribution in [0, 0.1) is 6.92 Å². The quantitative estimate of drug-likeness (QED) is 0.729. The van der Waals surface area contributed by atoms with Gasteiger partial charge in [-0.25, -0.2) is 0 Å². The summed E-state index contributed by atoms with van der Waals surface area (Å²) >= 11 is 6.14. The maximum absolute atomic E-state index is 12.9. The Kier molecular flexibility index (Phi) is 5.39. The van der Waals surface area contributed by atoms with Crippen molar-refractivity contribution in [1.82, 2.24) is 4.90 Å². The monoisotopic (exact) mass is 410 g/mol. The van der Waals surface area contributed by atoms with Gasteiger partial charge in [-0.3, -0.25) is 9.59 Å². The number of rotatable bonds is 2. The van der Waals surface area contributed by atoms with Crippen molar-refractivity contribution < 1.29 is 22.8 Å². The van der Waals surface area contributed by atoms with Crippen LogP contribution in [0.25, 0.3) is 0 Å². The third-order valence-corrected chi connectivity index (χ3v) is 5.31. The minimum absolute atomic E-state index is 0.111. The van der Waals surface area contributed by atoms with Crippen LogP contribution in [-0.2, 0) is 11.0 Å². The van der Waals surface area contributed by atoms with Crippen molar-refractivity contribution in [3.63, 3.8) is 0 Å². The molecule has 2 aromatic carbocycles. The Hall–Kier alpha value is -2.54. The molecule has 0 spiro atoms. The highest BCUT2D eigenvalue weighted by Crippen LogP contribution is 2.31. The highest BCUT2D eigenvalue weighted by molar-refractivity contribution is 6.31. The third kappa shape index (κ3) is 3.71. The average molecular weight is 411 g/mol. The van der Waals surface area contributed by atoms with Gasteiger partial charge in [0.25, 0.3) is 5.91 Å². The summed E-state index contributed by atoms with van der Waals surface area (Å²) in [5.74, 6) is -0.742. The van der Waals surface area contributed by atoms with Gasteiger partial charge < -0.3 is 9.80 Å². The summed E-state index contributed by atoms with van der Waals surface area (Å²) in [6.45, 7) is 3.96. The van der Waals surface area contributed by atoms with Crippen molar-refractivity contribution in [3.8, 4) is 0 Å². The van der Waals surface area contributed by atoms with E-state index in [2.05, 4.69) is 0 Å². The largest absolute Gasteiger partial charge is 0.416 e. The summed E-state index contributed by atoms with van der Waals surface area (Å²) in [5.41, 5.74) is 0.743. The number of carbonyl (C=O) groups is 2. The number of nitrogens with zero attached hydrogens (tertiary/aromatic N) is 2. The number of anilines is 1. The molecule has 1 atom stereocenters. The normalized spacial score (nSPS) is 17.8. The smallest absolute Gasteiger partial charge is 0.325 e. The van der Waals surface area contributed by atoms with E-state index in [1.165, 1.54) is 4.90 Å². The van der Waals surface area contributed by atoms with E-state index in [0.717, 1.165) is 29.8 Å². The summed E-state index contributed by atoms with van der Waals surface area (Å²) in [6, 6.07) is 8.53. The third-order valence-electron chi connectivity index (χ3n) is 4.91. The molecule has 148 valence electrons. The molecule has 3 rings (SSSR count). The van der Waals surface area contributed by atoms with Crippen LogP contribution in [0.5, 0.6) is 0 Å². The number of halogens is 4. The zero-order valence-electron chi connectivity index (χ0n) is 15.3. The minimum Gasteiger partial charge on any atom is -0.325 e. The second kappa shape index (κ2) is 7.47. The molecule has 0 aromatic heterocycles. The van der Waals surface area contributed by atoms with E-state index in [4.69, 9.17) is 11.6 Å². The molecule has 28 heavy (non-hydrogen) atoms. The van der Waals surface area contributed by atoms with Crippen molar-refractivity contribution in [2.75, 3.05) is 18.0 Å². The minimum atomic E-state index is -4.47. The van der Waals surface area contributed by atoms with Crippen LogP contribution in [0.1, 0.15) is 28.4 Å². The van der Waals surface area contributed by atoms with Gasteiger partial charge in [0.15, 0.2) is 0 Å². The topological polar surface area (TPSA) is 40.6 Å². The first-order valence-electron chi connectivity index (χ1n) is 8.66. The lowest BCUT2D eigenvalue weighted by molar-refractivity contribution is -0.137. The van der Waals surface area contributed by atoms with Crippen LogP contribution in [0.15, 0.2) is 42.5 Å². The maximum atomic E-state index is 12.9. The molecule has 1 fully saturated rings. The molecular weight excluding hydrogens is 393 g/mol. The molecule has 0 saturated carbocycles. The molecule has 1 heterocycles. The van der Waals surface area contributed by atoms with Gasteiger partial charge in [-0.1, -0.05) is 17.7 Å². The second-order valence-corrected chi connectivity index (χ2v) is 7.03. The predicted octanol–water partition coefficient (Wildman–Crippen LogP) is 4.54. The first-order chi connectivity index (χ1) is 13.1. The fourth-order valence-electron chi connectivity index (χ4n) is 3.24. The lowest BCUT2D eigenvalue weighted by atomic mass is 10.1. The Bertz CT molecular complexity index is 913. The molecule has 4 nitrogen and oxygen atoms in total. The number of piperazine rings is 1. The Morgan fingerprint density at radius 3 is 2.36 bits per heavy atom. The van der Waals surface area contributed by atoms with Crippen molar-refractivity contribution in [3.05, 3.63) is 64.2 Å². The molecule has 1 aliphatic rings. The SMILES string of the molecule is Cc1c(Cl)cccc1N1CCN(C(=O)c2ccc(C(F)(F)F)cc2)C(C)C1=O. The summed E-state index contributed by atoms with van der Waals surface area (Å²) in [7, 11) is 0. The van der Waals surface area contributed by atoms with Gasteiger partial charge in [0, 0.05) is 29.4 Å². The van der Waals surface area contributed by atoms with Crippen LogP contribution in [0.3, 0.4) is 0 Å². The Balaban J connectivity index is 1.80. The van der Waals surface area contributed by atoms with E-state index in [-0.39, 0.29) is 24.6 Å². The molecule has 0 radical (unpaired) electrons. The molecule has 2 amide bonds. The van der Waals surface area contributed by atoms with Crippen LogP contribution >= 0.6 is 11.6 Å². The lowest BCUT2D eigenvalue weighted by Crippen LogP contribution is -2.58. The van der Waals surface area contributed by atoms with Gasteiger partial charge in [-0.2, -0.15) is 13.2 Å². The van der Waals surface area contributed by atoms with Gasteiger partial charge in [-0.15, -0.1) is 0 Å². The summed E-state index contributed by atoms with van der Waals surface area (Å²) < 4.78 is 38.1. The number of alkyl halides is 3. The zero-order chi connectivity index (χ0) is 20.6. The Morgan fingerprint density at radius 1 is 1.11 bits per heavy atom. The molecule has 1 aliphatic heterocycles. The summed E-state index contributed by atoms with van der Waals surface area (Å²) in [5, 5.41) is 0.543. The molecule has 8 heteroatoms. The van der Waals surface area contributed by atoms with Crippen LogP contribution < -0.4 is 4.90 Å². The molecule has 1 saturated heterocycles. The van der Waals surface area contributed by atoms with E-state index < -0.39 is 23.7 Å². The van der Waals surface area contributed by atoms with Crippen molar-refractivity contribution >= 4 is 29.1 Å². The number of hydrogen-bond donors (Lipinski definition) is 0. The number of hydrogen-bond acceptors (Lipinski definition) is 2. The van der Waals surface area contributed by atoms with E-state index in [1.54, 1.807) is 30.0 Å². The first-order valence-corrected chi connectivity index (χ1v) is 9.04. The highest BCUT2D eigenvalue weighted by atomic mass is 35.5. The Labute approximate surface area is 165 Å². The molecule has 0 aliphatic carbocycles. The van der Waals surface area contributed by atoms with Gasteiger partial charge >= 0.3 is 6.18 Å². The van der Waals surface area contributed by atoms with E-state index in [9.17, 15) is 22.8 Å². The van der Waals surface area contributed by atoms with Gasteiger partial charge in [0.2, 0.25) is 5.91 Å². The van der Waals surface area contributed by atoms with Gasteiger partial charge in [-0.05, 0) is 55.8 Å². The molecule has 0 bridgehead atoms. The maximum Gasteiger partial charge on any atom is 0.416 e. The van der Waals surface area contributed by atoms with Gasteiger partial charge in [0.1, 0.15) is 6.04 Å². The molecule has 1 unspecified atom stereocenters. The van der Waals surface area contributed by atoms with E-state index in [0.29, 0.717) is 10.7 Å². The van der Waals surface area contributed by atoms with Gasteiger partial charge in [0.05, 0.1) is 5.56 Å². The first kappa shape index (κ1) is 20.2. The fourth-order valence-corrected chi connectivity index (χ4v) is 3.41. The van der Waals surface area contributed by atoms with E-state index >= 15 is 0 Å². The molecular formula is C20H18ClF3N2O2. The van der Waals surface area contributed by atoms with Crippen LogP contribution in [0.4, 0.5) is 18.9 Å². The summed E-state index contributed by atoms with van der Waals surface area (Å²) in [6.07, 6.45) is -4.47. The van der Waals surface area contributed by atoms with Crippen molar-refractivity contribution in [1.29, 1.82) is 0 Å². The standard InChI is InChI=1S/C20H18ClF3N2O2/c1-12-16(21)4-3-5-17(12)26-11-10-25(13(2)18(26)27)19(28)14-6-8-15(9-7-14)20(22,23)24/h3-9,13H,10-11H2,1-2H3. The zero-order valence-corrected chi connectivity index (χ0v) is 16.0. The second-order valence-electron chi connectivity index (χ2n) is 6.62. The summed E-state index contributed by atoms with van der Waals surface area (Å²) in [4.78, 5) is 28.6. The number of benzene rings is 2. The van der Waals surface area contributed by atoms with Crippen LogP contribution in [-0.4, -0.2) is 35.8 Å².